The summed E-state index contributed by atoms with van der Waals surface area (Å²) in [5, 5.41) is 12.0. The van der Waals surface area contributed by atoms with Crippen LogP contribution in [0.4, 0.5) is 11.5 Å². The molecule has 0 atom stereocenters. The summed E-state index contributed by atoms with van der Waals surface area (Å²) in [6.45, 7) is 0. The Bertz CT molecular complexity index is 1070. The Labute approximate surface area is 150 Å². The van der Waals surface area contributed by atoms with Crippen LogP contribution in [0.3, 0.4) is 0 Å². The Kier molecular flexibility index (Phi) is 4.82. The second kappa shape index (κ2) is 7.21. The molecule has 0 bridgehead atoms. The fourth-order valence-corrected chi connectivity index (χ4v) is 2.81. The average molecular weight is 366 g/mol. The molecule has 3 aromatic rings. The van der Waals surface area contributed by atoms with E-state index in [1.807, 2.05) is 6.07 Å². The third kappa shape index (κ3) is 4.15. The van der Waals surface area contributed by atoms with E-state index in [9.17, 15) is 8.42 Å². The van der Waals surface area contributed by atoms with Crippen LogP contribution in [0, 0.1) is 11.3 Å². The molecule has 26 heavy (non-hydrogen) atoms. The molecule has 1 aromatic heterocycles. The predicted octanol–water partition coefficient (Wildman–Crippen LogP) is 3.29. The van der Waals surface area contributed by atoms with Gasteiger partial charge < -0.3 is 10.1 Å². The Balaban J connectivity index is 1.75. The van der Waals surface area contributed by atoms with Crippen molar-refractivity contribution in [2.45, 2.75) is 4.90 Å². The first kappa shape index (κ1) is 17.4. The third-order valence-corrected chi connectivity index (χ3v) is 4.50. The minimum Gasteiger partial charge on any atom is -0.457 e. The molecule has 0 aliphatic heterocycles. The van der Waals surface area contributed by atoms with Crippen LogP contribution in [0.5, 0.6) is 11.5 Å². The van der Waals surface area contributed by atoms with Crippen molar-refractivity contribution in [3.63, 3.8) is 0 Å². The van der Waals surface area contributed by atoms with E-state index in [-0.39, 0.29) is 10.6 Å². The van der Waals surface area contributed by atoms with Crippen molar-refractivity contribution < 1.29 is 13.2 Å². The van der Waals surface area contributed by atoms with E-state index in [2.05, 4.69) is 15.3 Å². The lowest BCUT2D eigenvalue weighted by atomic mass is 10.3. The highest BCUT2D eigenvalue weighted by molar-refractivity contribution is 7.90. The molecule has 1 heterocycles. The van der Waals surface area contributed by atoms with Crippen molar-refractivity contribution in [2.24, 2.45) is 0 Å². The van der Waals surface area contributed by atoms with Crippen LogP contribution < -0.4 is 10.1 Å². The molecule has 0 unspecified atom stereocenters. The smallest absolute Gasteiger partial charge is 0.183 e. The summed E-state index contributed by atoms with van der Waals surface area (Å²) in [4.78, 5) is 8.21. The number of rotatable bonds is 5. The fourth-order valence-electron chi connectivity index (χ4n) is 2.16. The van der Waals surface area contributed by atoms with Crippen LogP contribution in [0.1, 0.15) is 5.69 Å². The number of nitrogens with one attached hydrogen (secondary N) is 1. The molecule has 3 rings (SSSR count). The maximum absolute atomic E-state index is 11.6. The monoisotopic (exact) mass is 366 g/mol. The molecule has 0 amide bonds. The first-order valence-electron chi connectivity index (χ1n) is 7.52. The molecule has 0 aliphatic carbocycles. The van der Waals surface area contributed by atoms with Gasteiger partial charge in [-0.25, -0.2) is 18.4 Å². The van der Waals surface area contributed by atoms with Gasteiger partial charge in [-0.1, -0.05) is 6.07 Å². The van der Waals surface area contributed by atoms with Crippen LogP contribution in [-0.2, 0) is 9.84 Å². The van der Waals surface area contributed by atoms with Gasteiger partial charge in [-0.15, -0.1) is 0 Å². The van der Waals surface area contributed by atoms with Gasteiger partial charge in [0.1, 0.15) is 17.6 Å². The summed E-state index contributed by atoms with van der Waals surface area (Å²) in [6, 6.07) is 15.2. The fraction of sp³-hybridized carbons (Fsp3) is 0.0556. The van der Waals surface area contributed by atoms with E-state index in [1.54, 1.807) is 36.4 Å². The zero-order valence-corrected chi connectivity index (χ0v) is 14.6. The molecule has 0 radical (unpaired) electrons. The predicted molar refractivity (Wildman–Crippen MR) is 96.1 cm³/mol. The number of hydrogen-bond donors (Lipinski definition) is 1. The SMILES string of the molecule is CS(=O)(=O)c1cccc(Oc2ccc(Nc3nccnc3C#N)cc2)c1. The molecule has 8 heteroatoms. The number of sulfone groups is 1. The zero-order valence-electron chi connectivity index (χ0n) is 13.7. The lowest BCUT2D eigenvalue weighted by Gasteiger charge is -2.09. The standard InChI is InChI=1S/C18H14N4O3S/c1-26(23,24)16-4-2-3-15(11-16)25-14-7-5-13(6-8-14)22-18-17(12-19)20-9-10-21-18/h2-11H,1H3,(H,21,22). The first-order valence-corrected chi connectivity index (χ1v) is 9.41. The Morgan fingerprint density at radius 3 is 2.46 bits per heavy atom. The number of ether oxygens (including phenoxy) is 1. The largest absolute Gasteiger partial charge is 0.457 e. The number of aromatic nitrogens is 2. The van der Waals surface area contributed by atoms with Crippen LogP contribution in [0.25, 0.3) is 0 Å². The van der Waals surface area contributed by atoms with Gasteiger partial charge in [0.15, 0.2) is 21.3 Å². The lowest BCUT2D eigenvalue weighted by molar-refractivity contribution is 0.481. The maximum Gasteiger partial charge on any atom is 0.183 e. The minimum absolute atomic E-state index is 0.194. The van der Waals surface area contributed by atoms with Crippen LogP contribution in [0.15, 0.2) is 65.8 Å². The highest BCUT2D eigenvalue weighted by Gasteiger charge is 2.09. The van der Waals surface area contributed by atoms with E-state index in [0.717, 1.165) is 6.26 Å². The Hall–Kier alpha value is -3.44. The van der Waals surface area contributed by atoms with Crippen molar-refractivity contribution in [1.29, 1.82) is 5.26 Å². The van der Waals surface area contributed by atoms with Crippen molar-refractivity contribution in [1.82, 2.24) is 9.97 Å². The van der Waals surface area contributed by atoms with Crippen molar-refractivity contribution in [3.05, 3.63) is 66.6 Å². The van der Waals surface area contributed by atoms with E-state index < -0.39 is 9.84 Å². The molecule has 1 N–H and O–H groups in total. The van der Waals surface area contributed by atoms with Gasteiger partial charge in [0, 0.05) is 24.3 Å². The van der Waals surface area contributed by atoms with E-state index in [1.165, 1.54) is 24.5 Å². The Morgan fingerprint density at radius 1 is 1.04 bits per heavy atom. The summed E-state index contributed by atoms with van der Waals surface area (Å²) < 4.78 is 28.9. The average Bonchev–Trinajstić information content (AvgIpc) is 2.63. The van der Waals surface area contributed by atoms with Gasteiger partial charge in [0.25, 0.3) is 0 Å². The summed E-state index contributed by atoms with van der Waals surface area (Å²) >= 11 is 0. The van der Waals surface area contributed by atoms with Gasteiger partial charge >= 0.3 is 0 Å². The van der Waals surface area contributed by atoms with Gasteiger partial charge in [-0.3, -0.25) is 0 Å². The molecular formula is C18H14N4O3S. The van der Waals surface area contributed by atoms with E-state index in [0.29, 0.717) is 23.0 Å². The molecule has 0 aliphatic rings. The minimum atomic E-state index is -3.29. The summed E-state index contributed by atoms with van der Waals surface area (Å²) in [6.07, 6.45) is 4.09. The maximum atomic E-state index is 11.6. The van der Waals surface area contributed by atoms with E-state index >= 15 is 0 Å². The van der Waals surface area contributed by atoms with Gasteiger partial charge in [0.05, 0.1) is 4.90 Å². The number of nitriles is 1. The van der Waals surface area contributed by atoms with Gasteiger partial charge in [-0.2, -0.15) is 5.26 Å². The zero-order chi connectivity index (χ0) is 18.6. The normalized spacial score (nSPS) is 10.8. The third-order valence-electron chi connectivity index (χ3n) is 3.39. The van der Waals surface area contributed by atoms with Crippen LogP contribution >= 0.6 is 0 Å². The van der Waals surface area contributed by atoms with Crippen molar-refractivity contribution in [3.8, 4) is 17.6 Å². The number of anilines is 2. The summed E-state index contributed by atoms with van der Waals surface area (Å²) in [5.41, 5.74) is 0.907. The number of nitrogens with zero attached hydrogens (tertiary/aromatic N) is 3. The molecule has 0 fully saturated rings. The van der Waals surface area contributed by atoms with Crippen LogP contribution in [-0.4, -0.2) is 24.6 Å². The molecular weight excluding hydrogens is 352 g/mol. The first-order chi connectivity index (χ1) is 12.5. The molecule has 0 spiro atoms. The molecule has 0 saturated carbocycles. The second-order valence-corrected chi connectivity index (χ2v) is 7.38. The highest BCUT2D eigenvalue weighted by Crippen LogP contribution is 2.26. The van der Waals surface area contributed by atoms with E-state index in [4.69, 9.17) is 10.00 Å². The summed E-state index contributed by atoms with van der Waals surface area (Å²) in [7, 11) is -3.29. The molecule has 130 valence electrons. The number of benzene rings is 2. The van der Waals surface area contributed by atoms with Crippen LogP contribution in [0.2, 0.25) is 0 Å². The second-order valence-electron chi connectivity index (χ2n) is 5.36. The molecule has 2 aromatic carbocycles. The van der Waals surface area contributed by atoms with Gasteiger partial charge in [0.2, 0.25) is 0 Å². The van der Waals surface area contributed by atoms with Gasteiger partial charge in [-0.05, 0) is 42.5 Å². The quantitative estimate of drug-likeness (QED) is 0.738. The number of hydrogen-bond acceptors (Lipinski definition) is 7. The highest BCUT2D eigenvalue weighted by atomic mass is 32.2. The van der Waals surface area contributed by atoms with Crippen molar-refractivity contribution in [2.75, 3.05) is 11.6 Å². The molecule has 0 saturated heterocycles. The summed E-state index contributed by atoms with van der Waals surface area (Å²) in [5.74, 6) is 1.33. The van der Waals surface area contributed by atoms with Crippen molar-refractivity contribution >= 4 is 21.3 Å². The Morgan fingerprint density at radius 2 is 1.77 bits per heavy atom. The lowest BCUT2D eigenvalue weighted by Crippen LogP contribution is -1.98. The topological polar surface area (TPSA) is 105 Å². The molecule has 7 nitrogen and oxygen atoms in total.